The molecule has 1 rings (SSSR count). The molecule has 4 nitrogen and oxygen atoms in total. The Morgan fingerprint density at radius 1 is 1.46 bits per heavy atom. The zero-order chi connectivity index (χ0) is 10.1. The normalized spacial score (nSPS) is 17.1. The van der Waals surface area contributed by atoms with Crippen molar-refractivity contribution in [2.45, 2.75) is 25.3 Å². The van der Waals surface area contributed by atoms with Gasteiger partial charge in [0.1, 0.15) is 9.84 Å². The van der Waals surface area contributed by atoms with Gasteiger partial charge in [-0.3, -0.25) is 4.79 Å². The fraction of sp³-hybridized carbons (Fsp3) is 0.875. The van der Waals surface area contributed by atoms with Crippen LogP contribution < -0.4 is 0 Å². The molecule has 1 saturated carbocycles. The Hall–Kier alpha value is -0.580. The van der Waals surface area contributed by atoms with Gasteiger partial charge in [-0.05, 0) is 12.8 Å². The van der Waals surface area contributed by atoms with E-state index in [1.54, 1.807) is 11.9 Å². The van der Waals surface area contributed by atoms with Gasteiger partial charge in [-0.2, -0.15) is 0 Å². The SMILES string of the molecule is CN(C(=O)CCS(C)(=O)=O)C1CC1. The van der Waals surface area contributed by atoms with Crippen LogP contribution in [0.15, 0.2) is 0 Å². The number of carbonyl (C=O) groups excluding carboxylic acids is 1. The zero-order valence-corrected chi connectivity index (χ0v) is 8.80. The highest BCUT2D eigenvalue weighted by Gasteiger charge is 2.29. The van der Waals surface area contributed by atoms with Crippen molar-refractivity contribution in [1.29, 1.82) is 0 Å². The molecule has 0 aromatic rings. The number of hydrogen-bond donors (Lipinski definition) is 0. The standard InChI is InChI=1S/C8H15NO3S/c1-9(7-3-4-7)8(10)5-6-13(2,11)12/h7H,3-6H2,1-2H3. The maximum atomic E-state index is 11.3. The number of sulfone groups is 1. The largest absolute Gasteiger partial charge is 0.343 e. The molecule has 0 unspecified atom stereocenters. The van der Waals surface area contributed by atoms with Gasteiger partial charge >= 0.3 is 0 Å². The fourth-order valence-corrected chi connectivity index (χ4v) is 1.66. The van der Waals surface area contributed by atoms with E-state index in [2.05, 4.69) is 0 Å². The summed E-state index contributed by atoms with van der Waals surface area (Å²) in [5, 5.41) is 0. The molecule has 1 amide bonds. The molecule has 5 heteroatoms. The summed E-state index contributed by atoms with van der Waals surface area (Å²) < 4.78 is 21.5. The van der Waals surface area contributed by atoms with Crippen LogP contribution >= 0.6 is 0 Å². The Kier molecular flexibility index (Phi) is 2.95. The zero-order valence-electron chi connectivity index (χ0n) is 7.99. The molecule has 0 spiro atoms. The van der Waals surface area contributed by atoms with Crippen LogP contribution in [0.1, 0.15) is 19.3 Å². The minimum absolute atomic E-state index is 0.0388. The smallest absolute Gasteiger partial charge is 0.223 e. The van der Waals surface area contributed by atoms with Gasteiger partial charge in [0.25, 0.3) is 0 Å². The number of amides is 1. The second kappa shape index (κ2) is 3.65. The number of nitrogens with zero attached hydrogens (tertiary/aromatic N) is 1. The first-order valence-corrected chi connectivity index (χ1v) is 6.39. The summed E-state index contributed by atoms with van der Waals surface area (Å²) in [7, 11) is -1.27. The van der Waals surface area contributed by atoms with E-state index in [1.165, 1.54) is 0 Å². The van der Waals surface area contributed by atoms with E-state index >= 15 is 0 Å². The van der Waals surface area contributed by atoms with Crippen molar-refractivity contribution in [2.24, 2.45) is 0 Å². The summed E-state index contributed by atoms with van der Waals surface area (Å²) in [5.41, 5.74) is 0. The Morgan fingerprint density at radius 2 is 2.00 bits per heavy atom. The summed E-state index contributed by atoms with van der Waals surface area (Å²) in [4.78, 5) is 13.0. The molecule has 0 aromatic heterocycles. The second-order valence-corrected chi connectivity index (χ2v) is 5.88. The lowest BCUT2D eigenvalue weighted by molar-refractivity contribution is -0.129. The average molecular weight is 205 g/mol. The minimum atomic E-state index is -3.01. The minimum Gasteiger partial charge on any atom is -0.343 e. The molecule has 0 heterocycles. The van der Waals surface area contributed by atoms with E-state index < -0.39 is 9.84 Å². The lowest BCUT2D eigenvalue weighted by Crippen LogP contribution is -2.30. The predicted molar refractivity (Wildman–Crippen MR) is 50.1 cm³/mol. The lowest BCUT2D eigenvalue weighted by atomic mass is 10.4. The van der Waals surface area contributed by atoms with Gasteiger partial charge in [-0.1, -0.05) is 0 Å². The Labute approximate surface area is 78.8 Å². The van der Waals surface area contributed by atoms with Gasteiger partial charge in [0.15, 0.2) is 0 Å². The van der Waals surface area contributed by atoms with Crippen LogP contribution in [-0.2, 0) is 14.6 Å². The third kappa shape index (κ3) is 3.76. The molecule has 0 radical (unpaired) electrons. The first kappa shape index (κ1) is 10.5. The monoisotopic (exact) mass is 205 g/mol. The first-order chi connectivity index (χ1) is 5.90. The van der Waals surface area contributed by atoms with Crippen LogP contribution in [0.4, 0.5) is 0 Å². The van der Waals surface area contributed by atoms with Crippen molar-refractivity contribution in [2.75, 3.05) is 19.1 Å². The highest BCUT2D eigenvalue weighted by molar-refractivity contribution is 7.90. The molecule has 0 N–H and O–H groups in total. The van der Waals surface area contributed by atoms with E-state index in [-0.39, 0.29) is 18.1 Å². The molecule has 0 atom stereocenters. The van der Waals surface area contributed by atoms with Crippen molar-refractivity contribution in [3.63, 3.8) is 0 Å². The van der Waals surface area contributed by atoms with Gasteiger partial charge in [-0.25, -0.2) is 8.42 Å². The number of rotatable bonds is 4. The van der Waals surface area contributed by atoms with Crippen LogP contribution in [-0.4, -0.2) is 44.3 Å². The van der Waals surface area contributed by atoms with Gasteiger partial charge in [0, 0.05) is 25.8 Å². The van der Waals surface area contributed by atoms with Crippen molar-refractivity contribution in [3.05, 3.63) is 0 Å². The van der Waals surface area contributed by atoms with E-state index in [1.807, 2.05) is 0 Å². The maximum Gasteiger partial charge on any atom is 0.223 e. The first-order valence-electron chi connectivity index (χ1n) is 4.33. The van der Waals surface area contributed by atoms with E-state index in [0.717, 1.165) is 19.1 Å². The van der Waals surface area contributed by atoms with Gasteiger partial charge in [0.2, 0.25) is 5.91 Å². The Morgan fingerprint density at radius 3 is 2.38 bits per heavy atom. The summed E-state index contributed by atoms with van der Waals surface area (Å²) in [6.45, 7) is 0. The van der Waals surface area contributed by atoms with Gasteiger partial charge < -0.3 is 4.90 Å². The van der Waals surface area contributed by atoms with E-state index in [0.29, 0.717) is 6.04 Å². The highest BCUT2D eigenvalue weighted by atomic mass is 32.2. The second-order valence-electron chi connectivity index (χ2n) is 3.62. The summed E-state index contributed by atoms with van der Waals surface area (Å²) in [6, 6.07) is 0.368. The van der Waals surface area contributed by atoms with Crippen molar-refractivity contribution in [1.82, 2.24) is 4.90 Å². The van der Waals surface area contributed by atoms with Crippen LogP contribution in [0.5, 0.6) is 0 Å². The molecule has 0 saturated heterocycles. The molecule has 0 bridgehead atoms. The molecule has 1 aliphatic carbocycles. The highest BCUT2D eigenvalue weighted by Crippen LogP contribution is 2.25. The quantitative estimate of drug-likeness (QED) is 0.651. The Bertz CT molecular complexity index is 293. The molecule has 0 aliphatic heterocycles. The van der Waals surface area contributed by atoms with E-state index in [9.17, 15) is 13.2 Å². The Balaban J connectivity index is 2.32. The molecular weight excluding hydrogens is 190 g/mol. The molecule has 1 aliphatic rings. The van der Waals surface area contributed by atoms with Crippen LogP contribution in [0, 0.1) is 0 Å². The number of hydrogen-bond acceptors (Lipinski definition) is 3. The fourth-order valence-electron chi connectivity index (χ4n) is 1.11. The summed E-state index contributed by atoms with van der Waals surface area (Å²) in [6.07, 6.45) is 3.38. The van der Waals surface area contributed by atoms with E-state index in [4.69, 9.17) is 0 Å². The summed E-state index contributed by atoms with van der Waals surface area (Å²) >= 11 is 0. The number of carbonyl (C=O) groups is 1. The lowest BCUT2D eigenvalue weighted by Gasteiger charge is -2.15. The topological polar surface area (TPSA) is 54.5 Å². The van der Waals surface area contributed by atoms with Crippen LogP contribution in [0.25, 0.3) is 0 Å². The molecule has 1 fully saturated rings. The third-order valence-corrected chi connectivity index (χ3v) is 3.12. The molecular formula is C8H15NO3S. The molecule has 13 heavy (non-hydrogen) atoms. The van der Waals surface area contributed by atoms with Gasteiger partial charge in [-0.15, -0.1) is 0 Å². The van der Waals surface area contributed by atoms with Crippen LogP contribution in [0.3, 0.4) is 0 Å². The predicted octanol–water partition coefficient (Wildman–Crippen LogP) is 0.0419. The van der Waals surface area contributed by atoms with Gasteiger partial charge in [0.05, 0.1) is 5.75 Å². The summed E-state index contributed by atoms with van der Waals surface area (Å²) in [5.74, 6) is -0.101. The van der Waals surface area contributed by atoms with Crippen LogP contribution in [0.2, 0.25) is 0 Å². The van der Waals surface area contributed by atoms with Crippen molar-refractivity contribution < 1.29 is 13.2 Å². The average Bonchev–Trinajstić information content (AvgIpc) is 2.79. The third-order valence-electron chi connectivity index (χ3n) is 2.17. The van der Waals surface area contributed by atoms with Crippen molar-refractivity contribution in [3.8, 4) is 0 Å². The molecule has 76 valence electrons. The maximum absolute atomic E-state index is 11.3. The van der Waals surface area contributed by atoms with Crippen molar-refractivity contribution >= 4 is 15.7 Å². The molecule has 0 aromatic carbocycles.